The van der Waals surface area contributed by atoms with E-state index in [0.29, 0.717) is 12.0 Å². The first-order valence-corrected chi connectivity index (χ1v) is 9.45. The lowest BCUT2D eigenvalue weighted by atomic mass is 10.00. The van der Waals surface area contributed by atoms with Gasteiger partial charge in [-0.2, -0.15) is 0 Å². The Hall–Kier alpha value is -2.03. The molecule has 3 heteroatoms. The molecular weight excluding hydrogens is 312 g/mol. The molecule has 0 radical (unpaired) electrons. The minimum Gasteiger partial charge on any atom is -0.494 e. The Labute approximate surface area is 152 Å². The van der Waals surface area contributed by atoms with Crippen molar-refractivity contribution in [3.05, 3.63) is 47.6 Å². The van der Waals surface area contributed by atoms with Gasteiger partial charge in [-0.15, -0.1) is 0 Å². The van der Waals surface area contributed by atoms with Gasteiger partial charge < -0.3 is 9.84 Å². The lowest BCUT2D eigenvalue weighted by Crippen LogP contribution is -2.01. The van der Waals surface area contributed by atoms with Crippen molar-refractivity contribution in [2.45, 2.75) is 65.7 Å². The summed E-state index contributed by atoms with van der Waals surface area (Å²) in [4.78, 5) is 11.4. The minimum absolute atomic E-state index is 0.464. The zero-order chi connectivity index (χ0) is 18.5. The summed E-state index contributed by atoms with van der Waals surface area (Å²) in [5.41, 5.74) is 2.41. The van der Waals surface area contributed by atoms with Gasteiger partial charge in [-0.25, -0.2) is 4.79 Å². The first-order chi connectivity index (χ1) is 12.1. The number of carboxylic acids is 1. The summed E-state index contributed by atoms with van der Waals surface area (Å²) in [5, 5.41) is 9.38. The van der Waals surface area contributed by atoms with Crippen LogP contribution in [-0.4, -0.2) is 17.7 Å². The van der Waals surface area contributed by atoms with E-state index in [4.69, 9.17) is 4.74 Å². The van der Waals surface area contributed by atoms with Gasteiger partial charge in [0.25, 0.3) is 0 Å². The molecule has 138 valence electrons. The van der Waals surface area contributed by atoms with Gasteiger partial charge in [-0.3, -0.25) is 0 Å². The number of rotatable bonds is 12. The molecule has 0 aliphatic heterocycles. The van der Waals surface area contributed by atoms with Crippen molar-refractivity contribution in [2.24, 2.45) is 0 Å². The summed E-state index contributed by atoms with van der Waals surface area (Å²) in [6.07, 6.45) is 11.0. The van der Waals surface area contributed by atoms with Crippen LogP contribution >= 0.6 is 0 Å². The van der Waals surface area contributed by atoms with Crippen molar-refractivity contribution < 1.29 is 14.6 Å². The lowest BCUT2D eigenvalue weighted by Gasteiger charge is -2.09. The molecule has 0 fully saturated rings. The van der Waals surface area contributed by atoms with Crippen LogP contribution in [0.2, 0.25) is 0 Å². The maximum Gasteiger partial charge on any atom is 0.331 e. The first kappa shape index (κ1) is 21.0. The van der Waals surface area contributed by atoms with E-state index in [9.17, 15) is 9.90 Å². The molecule has 1 N–H and O–H groups in total. The Morgan fingerprint density at radius 1 is 1.04 bits per heavy atom. The average Bonchev–Trinajstić information content (AvgIpc) is 2.62. The number of hydrogen-bond acceptors (Lipinski definition) is 2. The molecule has 1 rings (SSSR count). The molecular formula is C22H32O3. The quantitative estimate of drug-likeness (QED) is 0.277. The molecule has 0 aromatic heterocycles. The van der Waals surface area contributed by atoms with E-state index in [1.54, 1.807) is 6.08 Å². The molecule has 0 saturated heterocycles. The van der Waals surface area contributed by atoms with Crippen LogP contribution in [0.15, 0.2) is 42.0 Å². The fraction of sp³-hybridized carbons (Fsp3) is 0.500. The number of unbranched alkanes of at least 4 members (excludes halogenated alkanes) is 4. The van der Waals surface area contributed by atoms with Crippen LogP contribution in [-0.2, 0) is 4.79 Å². The molecule has 0 aliphatic carbocycles. The van der Waals surface area contributed by atoms with Crippen LogP contribution in [0.5, 0.6) is 5.75 Å². The van der Waals surface area contributed by atoms with Crippen molar-refractivity contribution in [2.75, 3.05) is 6.61 Å². The Kier molecular flexibility index (Phi) is 10.4. The fourth-order valence-electron chi connectivity index (χ4n) is 2.59. The summed E-state index contributed by atoms with van der Waals surface area (Å²) in [6, 6.07) is 7.90. The third-order valence-corrected chi connectivity index (χ3v) is 4.17. The second-order valence-electron chi connectivity index (χ2n) is 6.26. The SMILES string of the molecule is C/C=C(\C=C(/CCCC)C(=O)O)c1ccc(OCCCCCC)cc1. The zero-order valence-corrected chi connectivity index (χ0v) is 15.9. The molecule has 3 nitrogen and oxygen atoms in total. The number of allylic oxidation sites excluding steroid dienone is 3. The minimum atomic E-state index is -0.833. The highest BCUT2D eigenvalue weighted by Crippen LogP contribution is 2.23. The standard InChI is InChI=1S/C22H32O3/c1-4-7-9-10-16-25-21-14-12-19(13-15-21)18(6-3)17-20(22(23)24)11-8-5-2/h6,12-15,17H,4-5,7-11,16H2,1-3H3,(H,23,24)/b18-6+,20-17+. The first-order valence-electron chi connectivity index (χ1n) is 9.45. The van der Waals surface area contributed by atoms with Gasteiger partial charge in [-0.1, -0.05) is 57.7 Å². The van der Waals surface area contributed by atoms with Crippen molar-refractivity contribution in [1.29, 1.82) is 0 Å². The van der Waals surface area contributed by atoms with E-state index < -0.39 is 5.97 Å². The van der Waals surface area contributed by atoms with Crippen LogP contribution in [0.3, 0.4) is 0 Å². The summed E-state index contributed by atoms with van der Waals surface area (Å²) in [5.74, 6) is 0.0314. The van der Waals surface area contributed by atoms with Crippen molar-refractivity contribution in [3.63, 3.8) is 0 Å². The molecule has 25 heavy (non-hydrogen) atoms. The third-order valence-electron chi connectivity index (χ3n) is 4.17. The van der Waals surface area contributed by atoms with Crippen molar-refractivity contribution in [3.8, 4) is 5.75 Å². The second-order valence-corrected chi connectivity index (χ2v) is 6.26. The molecule has 0 saturated carbocycles. The van der Waals surface area contributed by atoms with E-state index in [1.165, 1.54) is 19.3 Å². The van der Waals surface area contributed by atoms with Crippen LogP contribution in [0.4, 0.5) is 0 Å². The largest absolute Gasteiger partial charge is 0.494 e. The van der Waals surface area contributed by atoms with E-state index in [2.05, 4.69) is 13.8 Å². The molecule has 0 aliphatic rings. The highest BCUT2D eigenvalue weighted by atomic mass is 16.5. The molecule has 0 atom stereocenters. The van der Waals surface area contributed by atoms with E-state index in [-0.39, 0.29) is 0 Å². The molecule has 0 heterocycles. The number of benzene rings is 1. The van der Waals surface area contributed by atoms with E-state index >= 15 is 0 Å². The number of aliphatic carboxylic acids is 1. The van der Waals surface area contributed by atoms with Gasteiger partial charge in [0, 0.05) is 5.57 Å². The van der Waals surface area contributed by atoms with E-state index in [0.717, 1.165) is 42.8 Å². The van der Waals surface area contributed by atoms with Gasteiger partial charge in [0.05, 0.1) is 6.61 Å². The summed E-state index contributed by atoms with van der Waals surface area (Å²) in [7, 11) is 0. The van der Waals surface area contributed by atoms with Gasteiger partial charge in [-0.05, 0) is 55.5 Å². The molecule has 1 aromatic carbocycles. The number of carboxylic acid groups (broad SMARTS) is 1. The van der Waals surface area contributed by atoms with Gasteiger partial charge in [0.1, 0.15) is 5.75 Å². The smallest absolute Gasteiger partial charge is 0.331 e. The van der Waals surface area contributed by atoms with E-state index in [1.807, 2.05) is 37.3 Å². The average molecular weight is 344 g/mol. The van der Waals surface area contributed by atoms with Gasteiger partial charge >= 0.3 is 5.97 Å². The van der Waals surface area contributed by atoms with Crippen molar-refractivity contribution in [1.82, 2.24) is 0 Å². The van der Waals surface area contributed by atoms with Crippen LogP contribution in [0.1, 0.15) is 71.3 Å². The fourth-order valence-corrected chi connectivity index (χ4v) is 2.59. The number of carbonyl (C=O) groups is 1. The topological polar surface area (TPSA) is 46.5 Å². The molecule has 0 unspecified atom stereocenters. The molecule has 0 bridgehead atoms. The Bertz CT molecular complexity index is 567. The Morgan fingerprint density at radius 2 is 1.72 bits per heavy atom. The van der Waals surface area contributed by atoms with Gasteiger partial charge in [0.2, 0.25) is 0 Å². The maximum absolute atomic E-state index is 11.4. The van der Waals surface area contributed by atoms with Gasteiger partial charge in [0.15, 0.2) is 0 Å². The summed E-state index contributed by atoms with van der Waals surface area (Å²) < 4.78 is 5.76. The normalized spacial score (nSPS) is 12.3. The monoisotopic (exact) mass is 344 g/mol. The van der Waals surface area contributed by atoms with Crippen LogP contribution < -0.4 is 4.74 Å². The molecule has 0 amide bonds. The highest BCUT2D eigenvalue weighted by molar-refractivity contribution is 5.91. The van der Waals surface area contributed by atoms with Crippen LogP contribution in [0.25, 0.3) is 5.57 Å². The summed E-state index contributed by atoms with van der Waals surface area (Å²) in [6.45, 7) is 6.95. The maximum atomic E-state index is 11.4. The predicted molar refractivity (Wildman–Crippen MR) is 105 cm³/mol. The second kappa shape index (κ2) is 12.3. The predicted octanol–water partition coefficient (Wildman–Crippen LogP) is 6.25. The lowest BCUT2D eigenvalue weighted by molar-refractivity contribution is -0.132. The van der Waals surface area contributed by atoms with Crippen LogP contribution in [0, 0.1) is 0 Å². The Morgan fingerprint density at radius 3 is 2.28 bits per heavy atom. The Balaban J connectivity index is 2.72. The number of hydrogen-bond donors (Lipinski definition) is 1. The third kappa shape index (κ3) is 8.06. The highest BCUT2D eigenvalue weighted by Gasteiger charge is 2.08. The summed E-state index contributed by atoms with van der Waals surface area (Å²) >= 11 is 0. The molecule has 1 aromatic rings. The zero-order valence-electron chi connectivity index (χ0n) is 15.9. The number of ether oxygens (including phenoxy) is 1. The van der Waals surface area contributed by atoms with Crippen molar-refractivity contribution >= 4 is 11.5 Å². The molecule has 0 spiro atoms.